The summed E-state index contributed by atoms with van der Waals surface area (Å²) in [5, 5.41) is 0.560. The maximum absolute atomic E-state index is 6.47. The molecule has 0 unspecified atom stereocenters. The monoisotopic (exact) mass is 518 g/mol. The molecular weight excluding hydrogens is 480 g/mol. The van der Waals surface area contributed by atoms with Crippen LogP contribution in [0.25, 0.3) is 0 Å². The predicted molar refractivity (Wildman–Crippen MR) is 158 cm³/mol. The minimum Gasteiger partial charge on any atom is -0.494 e. The van der Waals surface area contributed by atoms with E-state index in [4.69, 9.17) is 21.1 Å². The van der Waals surface area contributed by atoms with Gasteiger partial charge in [0.05, 0.1) is 29.6 Å². The molecular formula is C32H39ClN2O2. The summed E-state index contributed by atoms with van der Waals surface area (Å²) >= 11 is 6.47. The van der Waals surface area contributed by atoms with Crippen molar-refractivity contribution in [1.29, 1.82) is 0 Å². The van der Waals surface area contributed by atoms with E-state index in [9.17, 15) is 0 Å². The number of unbranched alkanes of at least 4 members (excludes halogenated alkanes) is 6. The van der Waals surface area contributed by atoms with Crippen LogP contribution in [0, 0.1) is 0 Å². The molecule has 3 aromatic carbocycles. The van der Waals surface area contributed by atoms with Crippen molar-refractivity contribution in [3.8, 4) is 11.5 Å². The van der Waals surface area contributed by atoms with Crippen molar-refractivity contribution in [1.82, 2.24) is 0 Å². The molecule has 3 aromatic rings. The Morgan fingerprint density at radius 2 is 1.14 bits per heavy atom. The Kier molecular flexibility index (Phi) is 12.8. The summed E-state index contributed by atoms with van der Waals surface area (Å²) < 4.78 is 11.6. The third-order valence-corrected chi connectivity index (χ3v) is 6.24. The van der Waals surface area contributed by atoms with Crippen LogP contribution in [0.1, 0.15) is 76.3 Å². The van der Waals surface area contributed by atoms with E-state index in [-0.39, 0.29) is 0 Å². The van der Waals surface area contributed by atoms with Crippen LogP contribution < -0.4 is 9.47 Å². The van der Waals surface area contributed by atoms with Crippen molar-refractivity contribution in [2.24, 2.45) is 9.98 Å². The minimum atomic E-state index is 0.560. The highest BCUT2D eigenvalue weighted by Crippen LogP contribution is 2.29. The molecule has 0 spiro atoms. The zero-order chi connectivity index (χ0) is 26.1. The zero-order valence-electron chi connectivity index (χ0n) is 22.2. The number of aliphatic imine (C=N–C) groups is 2. The van der Waals surface area contributed by atoms with Crippen LogP contribution >= 0.6 is 11.6 Å². The average molecular weight is 519 g/mol. The summed E-state index contributed by atoms with van der Waals surface area (Å²) in [5.74, 6) is 1.78. The first kappa shape index (κ1) is 28.5. The quantitative estimate of drug-likeness (QED) is 0.140. The molecule has 196 valence electrons. The third-order valence-electron chi connectivity index (χ3n) is 5.94. The third kappa shape index (κ3) is 10.8. The molecule has 0 atom stereocenters. The van der Waals surface area contributed by atoms with Crippen LogP contribution in [0.2, 0.25) is 5.02 Å². The first-order chi connectivity index (χ1) is 18.2. The molecule has 0 aliphatic carbocycles. The molecule has 0 heterocycles. The van der Waals surface area contributed by atoms with Gasteiger partial charge in [0.2, 0.25) is 0 Å². The van der Waals surface area contributed by atoms with Gasteiger partial charge in [-0.15, -0.1) is 0 Å². The van der Waals surface area contributed by atoms with Crippen LogP contribution in [0.4, 0.5) is 11.4 Å². The number of hydrogen-bond acceptors (Lipinski definition) is 4. The highest BCUT2D eigenvalue weighted by atomic mass is 35.5. The number of hydrogen-bond donors (Lipinski definition) is 0. The Hall–Kier alpha value is -3.11. The van der Waals surface area contributed by atoms with E-state index in [1.807, 2.05) is 79.2 Å². The maximum Gasteiger partial charge on any atom is 0.119 e. The van der Waals surface area contributed by atoms with Gasteiger partial charge in [-0.3, -0.25) is 9.98 Å². The van der Waals surface area contributed by atoms with E-state index in [2.05, 4.69) is 23.8 Å². The minimum absolute atomic E-state index is 0.560. The summed E-state index contributed by atoms with van der Waals surface area (Å²) in [6.07, 6.45) is 13.3. The second kappa shape index (κ2) is 16.6. The first-order valence-electron chi connectivity index (χ1n) is 13.5. The lowest BCUT2D eigenvalue weighted by molar-refractivity contribution is 0.305. The Bertz CT molecular complexity index is 1110. The number of ether oxygens (including phenoxy) is 2. The Balaban J connectivity index is 1.48. The number of benzene rings is 3. The lowest BCUT2D eigenvalue weighted by Crippen LogP contribution is -1.97. The summed E-state index contributed by atoms with van der Waals surface area (Å²) in [6.45, 7) is 5.95. The van der Waals surface area contributed by atoms with Crippen LogP contribution in [-0.2, 0) is 0 Å². The van der Waals surface area contributed by atoms with Gasteiger partial charge in [-0.2, -0.15) is 0 Å². The van der Waals surface area contributed by atoms with Crippen molar-refractivity contribution < 1.29 is 9.47 Å². The van der Waals surface area contributed by atoms with Crippen molar-refractivity contribution in [3.05, 3.63) is 82.9 Å². The van der Waals surface area contributed by atoms with Crippen molar-refractivity contribution in [2.45, 2.75) is 65.2 Å². The van der Waals surface area contributed by atoms with E-state index in [1.165, 1.54) is 38.5 Å². The fourth-order valence-corrected chi connectivity index (χ4v) is 3.94. The molecule has 4 nitrogen and oxygen atoms in total. The molecule has 0 fully saturated rings. The van der Waals surface area contributed by atoms with Gasteiger partial charge in [-0.25, -0.2) is 0 Å². The fourth-order valence-electron chi connectivity index (χ4n) is 3.71. The molecule has 0 saturated carbocycles. The maximum atomic E-state index is 6.47. The van der Waals surface area contributed by atoms with Crippen molar-refractivity contribution >= 4 is 35.4 Å². The van der Waals surface area contributed by atoms with Gasteiger partial charge < -0.3 is 9.47 Å². The lowest BCUT2D eigenvalue weighted by atomic mass is 10.2. The van der Waals surface area contributed by atoms with Gasteiger partial charge in [0, 0.05) is 12.4 Å². The van der Waals surface area contributed by atoms with Crippen LogP contribution in [0.15, 0.2) is 76.7 Å². The number of halogens is 1. The van der Waals surface area contributed by atoms with Crippen molar-refractivity contribution in [2.75, 3.05) is 13.2 Å². The summed E-state index contributed by atoms with van der Waals surface area (Å²) in [6, 6.07) is 21.6. The van der Waals surface area contributed by atoms with E-state index < -0.39 is 0 Å². The predicted octanol–water partition coefficient (Wildman–Crippen LogP) is 9.76. The van der Waals surface area contributed by atoms with Gasteiger partial charge in [0.25, 0.3) is 0 Å². The van der Waals surface area contributed by atoms with Gasteiger partial charge in [-0.05, 0) is 90.7 Å². The zero-order valence-corrected chi connectivity index (χ0v) is 22.9. The Labute approximate surface area is 227 Å². The summed E-state index contributed by atoms with van der Waals surface area (Å²) in [5.41, 5.74) is 3.48. The van der Waals surface area contributed by atoms with E-state index in [0.717, 1.165) is 54.4 Å². The summed E-state index contributed by atoms with van der Waals surface area (Å²) in [7, 11) is 0. The molecule has 0 amide bonds. The molecule has 0 saturated heterocycles. The van der Waals surface area contributed by atoms with Crippen LogP contribution in [0.3, 0.4) is 0 Å². The Morgan fingerprint density at radius 3 is 1.62 bits per heavy atom. The largest absolute Gasteiger partial charge is 0.494 e. The molecule has 0 aliphatic rings. The average Bonchev–Trinajstić information content (AvgIpc) is 2.92. The normalized spacial score (nSPS) is 11.4. The molecule has 0 N–H and O–H groups in total. The second-order valence-electron chi connectivity index (χ2n) is 9.11. The fraction of sp³-hybridized carbons (Fsp3) is 0.375. The molecule has 37 heavy (non-hydrogen) atoms. The van der Waals surface area contributed by atoms with Gasteiger partial charge in [-0.1, -0.05) is 64.0 Å². The SMILES string of the molecule is CCCCCCOc1ccc(C=Nc2ccc(N=Cc3ccc(OCCCCCC)cc3)c(Cl)c2)cc1. The summed E-state index contributed by atoms with van der Waals surface area (Å²) in [4.78, 5) is 9.10. The van der Waals surface area contributed by atoms with E-state index >= 15 is 0 Å². The van der Waals surface area contributed by atoms with E-state index in [0.29, 0.717) is 10.7 Å². The van der Waals surface area contributed by atoms with E-state index in [1.54, 1.807) is 0 Å². The van der Waals surface area contributed by atoms with Crippen LogP contribution in [-0.4, -0.2) is 25.6 Å². The van der Waals surface area contributed by atoms with Crippen LogP contribution in [0.5, 0.6) is 11.5 Å². The molecule has 0 radical (unpaired) electrons. The van der Waals surface area contributed by atoms with Crippen molar-refractivity contribution in [3.63, 3.8) is 0 Å². The van der Waals surface area contributed by atoms with Gasteiger partial charge >= 0.3 is 0 Å². The second-order valence-corrected chi connectivity index (χ2v) is 9.52. The number of rotatable bonds is 16. The Morgan fingerprint density at radius 1 is 0.622 bits per heavy atom. The molecule has 0 bridgehead atoms. The smallest absolute Gasteiger partial charge is 0.119 e. The molecule has 0 aliphatic heterocycles. The number of nitrogens with zero attached hydrogens (tertiary/aromatic N) is 2. The highest BCUT2D eigenvalue weighted by Gasteiger charge is 2.01. The lowest BCUT2D eigenvalue weighted by Gasteiger charge is -2.06. The molecule has 0 aromatic heterocycles. The first-order valence-corrected chi connectivity index (χ1v) is 13.9. The standard InChI is InChI=1S/C32H39ClN2O2/c1-3-5-7-9-21-36-29-16-11-26(12-17-29)24-34-28-15-20-32(31(33)23-28)35-25-27-13-18-30(19-14-27)37-22-10-8-6-4-2/h11-20,23-25H,3-10,21-22H2,1-2H3. The molecule has 5 heteroatoms. The highest BCUT2D eigenvalue weighted by molar-refractivity contribution is 6.33. The van der Waals surface area contributed by atoms with Gasteiger partial charge in [0.1, 0.15) is 11.5 Å². The topological polar surface area (TPSA) is 43.2 Å². The molecule has 3 rings (SSSR count). The van der Waals surface area contributed by atoms with Gasteiger partial charge in [0.15, 0.2) is 0 Å².